The summed E-state index contributed by atoms with van der Waals surface area (Å²) in [6.45, 7) is 1.90. The van der Waals surface area contributed by atoms with Crippen molar-refractivity contribution < 1.29 is 9.72 Å². The molecule has 0 aliphatic rings. The van der Waals surface area contributed by atoms with Gasteiger partial charge in [0, 0.05) is 48.1 Å². The van der Waals surface area contributed by atoms with Crippen molar-refractivity contribution in [2.45, 2.75) is 13.5 Å². The Kier molecular flexibility index (Phi) is 5.81. The number of nitrogens with zero attached hydrogens (tertiary/aromatic N) is 4. The zero-order chi connectivity index (χ0) is 22.7. The summed E-state index contributed by atoms with van der Waals surface area (Å²) in [6.07, 6.45) is 1.92. The number of hydrogen-bond acceptors (Lipinski definition) is 4. The fraction of sp³-hybridized carbons (Fsp3) is 0.120. The molecule has 0 aliphatic heterocycles. The minimum Gasteiger partial charge on any atom is -0.337 e. The van der Waals surface area contributed by atoms with Crippen molar-refractivity contribution in [2.24, 2.45) is 0 Å². The molecule has 0 aliphatic carbocycles. The van der Waals surface area contributed by atoms with Crippen LogP contribution >= 0.6 is 0 Å². The smallest absolute Gasteiger partial charge is 0.273 e. The number of amides is 1. The molecule has 7 heteroatoms. The Morgan fingerprint density at radius 2 is 1.66 bits per heavy atom. The van der Waals surface area contributed by atoms with Crippen LogP contribution in [-0.2, 0) is 6.54 Å². The predicted molar refractivity (Wildman–Crippen MR) is 123 cm³/mol. The van der Waals surface area contributed by atoms with Crippen molar-refractivity contribution in [2.75, 3.05) is 7.05 Å². The second-order valence-corrected chi connectivity index (χ2v) is 7.52. The molecule has 0 saturated carbocycles. The summed E-state index contributed by atoms with van der Waals surface area (Å²) in [5.74, 6) is -0.280. The van der Waals surface area contributed by atoms with Crippen LogP contribution in [0.25, 0.3) is 16.9 Å². The summed E-state index contributed by atoms with van der Waals surface area (Å²) in [4.78, 5) is 25.5. The first-order valence-corrected chi connectivity index (χ1v) is 10.1. The van der Waals surface area contributed by atoms with Crippen molar-refractivity contribution in [1.82, 2.24) is 14.7 Å². The fourth-order valence-electron chi connectivity index (χ4n) is 3.66. The Labute approximate surface area is 185 Å². The van der Waals surface area contributed by atoms with Gasteiger partial charge in [-0.2, -0.15) is 5.10 Å². The first kappa shape index (κ1) is 21.0. The molecule has 0 saturated heterocycles. The Bertz CT molecular complexity index is 1270. The number of nitro benzene ring substituents is 1. The van der Waals surface area contributed by atoms with E-state index < -0.39 is 4.92 Å². The molecule has 0 N–H and O–H groups in total. The van der Waals surface area contributed by atoms with Crippen LogP contribution < -0.4 is 0 Å². The molecule has 0 radical (unpaired) electrons. The van der Waals surface area contributed by atoms with Crippen molar-refractivity contribution in [3.63, 3.8) is 0 Å². The third kappa shape index (κ3) is 4.13. The van der Waals surface area contributed by atoms with Crippen LogP contribution in [0.3, 0.4) is 0 Å². The van der Waals surface area contributed by atoms with Crippen LogP contribution in [-0.4, -0.2) is 32.6 Å². The average Bonchev–Trinajstić information content (AvgIpc) is 3.23. The Morgan fingerprint density at radius 3 is 2.31 bits per heavy atom. The Balaban J connectivity index is 1.69. The first-order valence-electron chi connectivity index (χ1n) is 10.1. The van der Waals surface area contributed by atoms with E-state index in [1.54, 1.807) is 29.6 Å². The summed E-state index contributed by atoms with van der Waals surface area (Å²) < 4.78 is 1.80. The standard InChI is InChI=1S/C25H22N4O3/c1-18-22(14-9-15-23(18)29(31)32)25(30)27(2)16-20-17-28(21-12-7-4-8-13-21)26-24(20)19-10-5-3-6-11-19/h3-15,17H,16H2,1-2H3. The second kappa shape index (κ2) is 8.85. The summed E-state index contributed by atoms with van der Waals surface area (Å²) in [6, 6.07) is 24.1. The molecule has 3 aromatic carbocycles. The lowest BCUT2D eigenvalue weighted by Crippen LogP contribution is -2.27. The van der Waals surface area contributed by atoms with Crippen LogP contribution in [0.15, 0.2) is 85.1 Å². The highest BCUT2D eigenvalue weighted by molar-refractivity contribution is 5.96. The van der Waals surface area contributed by atoms with Gasteiger partial charge < -0.3 is 4.90 Å². The van der Waals surface area contributed by atoms with E-state index in [0.29, 0.717) is 17.7 Å². The molecule has 1 aromatic heterocycles. The number of para-hydroxylation sites is 1. The van der Waals surface area contributed by atoms with Crippen LogP contribution in [0.4, 0.5) is 5.69 Å². The van der Waals surface area contributed by atoms with Gasteiger partial charge in [0.1, 0.15) is 0 Å². The first-order chi connectivity index (χ1) is 15.5. The maximum absolute atomic E-state index is 13.1. The van der Waals surface area contributed by atoms with Gasteiger partial charge in [-0.15, -0.1) is 0 Å². The molecule has 160 valence electrons. The summed E-state index contributed by atoms with van der Waals surface area (Å²) >= 11 is 0. The molecule has 4 rings (SSSR count). The van der Waals surface area contributed by atoms with E-state index in [1.165, 1.54) is 12.1 Å². The number of carbonyl (C=O) groups is 1. The van der Waals surface area contributed by atoms with E-state index in [1.807, 2.05) is 66.9 Å². The van der Waals surface area contributed by atoms with Gasteiger partial charge in [-0.05, 0) is 25.1 Å². The second-order valence-electron chi connectivity index (χ2n) is 7.52. The van der Waals surface area contributed by atoms with Gasteiger partial charge >= 0.3 is 0 Å². The lowest BCUT2D eigenvalue weighted by atomic mass is 10.0. The van der Waals surface area contributed by atoms with Crippen molar-refractivity contribution >= 4 is 11.6 Å². The third-order valence-electron chi connectivity index (χ3n) is 5.34. The maximum atomic E-state index is 13.1. The molecule has 1 heterocycles. The zero-order valence-electron chi connectivity index (χ0n) is 17.8. The van der Waals surface area contributed by atoms with Crippen molar-refractivity contribution in [3.8, 4) is 16.9 Å². The summed E-state index contributed by atoms with van der Waals surface area (Å²) in [5.41, 5.74) is 4.13. The summed E-state index contributed by atoms with van der Waals surface area (Å²) in [7, 11) is 1.69. The number of aromatic nitrogens is 2. The normalized spacial score (nSPS) is 10.7. The lowest BCUT2D eigenvalue weighted by Gasteiger charge is -2.18. The SMILES string of the molecule is Cc1c(C(=O)N(C)Cc2cn(-c3ccccc3)nc2-c2ccccc2)cccc1[N+](=O)[O-]. The van der Waals surface area contributed by atoms with Crippen LogP contribution in [0, 0.1) is 17.0 Å². The molecule has 0 unspecified atom stereocenters. The third-order valence-corrected chi connectivity index (χ3v) is 5.34. The largest absolute Gasteiger partial charge is 0.337 e. The van der Waals surface area contributed by atoms with Gasteiger partial charge in [0.25, 0.3) is 11.6 Å². The number of hydrogen-bond donors (Lipinski definition) is 0. The topological polar surface area (TPSA) is 81.3 Å². The molecule has 0 spiro atoms. The van der Waals surface area contributed by atoms with E-state index in [9.17, 15) is 14.9 Å². The van der Waals surface area contributed by atoms with Crippen LogP contribution in [0.2, 0.25) is 0 Å². The van der Waals surface area contributed by atoms with E-state index >= 15 is 0 Å². The van der Waals surface area contributed by atoms with E-state index in [4.69, 9.17) is 5.10 Å². The molecule has 0 bridgehead atoms. The number of nitro groups is 1. The van der Waals surface area contributed by atoms with E-state index in [0.717, 1.165) is 22.5 Å². The highest BCUT2D eigenvalue weighted by Crippen LogP contribution is 2.26. The molecule has 1 amide bonds. The quantitative estimate of drug-likeness (QED) is 0.320. The minimum absolute atomic E-state index is 0.0638. The van der Waals surface area contributed by atoms with Crippen LogP contribution in [0.5, 0.6) is 0 Å². The van der Waals surface area contributed by atoms with E-state index in [-0.39, 0.29) is 11.6 Å². The molecule has 32 heavy (non-hydrogen) atoms. The van der Waals surface area contributed by atoms with Gasteiger partial charge in [0.2, 0.25) is 0 Å². The Morgan fingerprint density at radius 1 is 1.00 bits per heavy atom. The van der Waals surface area contributed by atoms with Crippen LogP contribution in [0.1, 0.15) is 21.5 Å². The molecule has 0 fully saturated rings. The van der Waals surface area contributed by atoms with Gasteiger partial charge in [0.05, 0.1) is 16.3 Å². The molecule has 4 aromatic rings. The van der Waals surface area contributed by atoms with Gasteiger partial charge in [-0.25, -0.2) is 4.68 Å². The molecular weight excluding hydrogens is 404 g/mol. The molecular formula is C25H22N4O3. The molecule has 7 nitrogen and oxygen atoms in total. The van der Waals surface area contributed by atoms with Crippen molar-refractivity contribution in [3.05, 3.63) is 112 Å². The lowest BCUT2D eigenvalue weighted by molar-refractivity contribution is -0.385. The Hall–Kier alpha value is -4.26. The van der Waals surface area contributed by atoms with Gasteiger partial charge in [0.15, 0.2) is 0 Å². The number of carbonyl (C=O) groups excluding carboxylic acids is 1. The van der Waals surface area contributed by atoms with Gasteiger partial charge in [-0.1, -0.05) is 54.6 Å². The number of rotatable bonds is 6. The highest BCUT2D eigenvalue weighted by atomic mass is 16.6. The zero-order valence-corrected chi connectivity index (χ0v) is 17.8. The van der Waals surface area contributed by atoms with Gasteiger partial charge in [-0.3, -0.25) is 14.9 Å². The average molecular weight is 426 g/mol. The van der Waals surface area contributed by atoms with Crippen molar-refractivity contribution in [1.29, 1.82) is 0 Å². The fourth-order valence-corrected chi connectivity index (χ4v) is 3.66. The molecule has 0 atom stereocenters. The monoisotopic (exact) mass is 426 g/mol. The summed E-state index contributed by atoms with van der Waals surface area (Å²) in [5, 5.41) is 16.0. The maximum Gasteiger partial charge on any atom is 0.273 e. The highest BCUT2D eigenvalue weighted by Gasteiger charge is 2.22. The van der Waals surface area contributed by atoms with E-state index in [2.05, 4.69) is 0 Å². The predicted octanol–water partition coefficient (Wildman–Crippen LogP) is 5.03. The number of benzene rings is 3. The minimum atomic E-state index is -0.469.